The van der Waals surface area contributed by atoms with Crippen molar-refractivity contribution in [2.24, 2.45) is 0 Å². The average molecular weight is 384 g/mol. The molecule has 0 radical (unpaired) electrons. The van der Waals surface area contributed by atoms with E-state index in [0.717, 1.165) is 11.1 Å². The van der Waals surface area contributed by atoms with Crippen molar-refractivity contribution in [3.05, 3.63) is 71.5 Å². The Labute approximate surface area is 161 Å². The lowest BCUT2D eigenvalue weighted by Gasteiger charge is -2.27. The van der Waals surface area contributed by atoms with Gasteiger partial charge in [0.25, 0.3) is 11.8 Å². The van der Waals surface area contributed by atoms with Gasteiger partial charge in [-0.1, -0.05) is 29.8 Å². The van der Waals surface area contributed by atoms with Gasteiger partial charge in [-0.15, -0.1) is 6.58 Å². The molecule has 0 spiro atoms. The normalized spacial score (nSPS) is 16.0. The average Bonchev–Trinajstić information content (AvgIpc) is 2.63. The molecule has 2 heterocycles. The Kier molecular flexibility index (Phi) is 5.25. The van der Waals surface area contributed by atoms with Crippen molar-refractivity contribution in [3.63, 3.8) is 0 Å². The number of amides is 2. The van der Waals surface area contributed by atoms with Gasteiger partial charge in [-0.2, -0.15) is 0 Å². The smallest absolute Gasteiger partial charge is 0.265 e. The van der Waals surface area contributed by atoms with Crippen LogP contribution in [0.1, 0.15) is 5.56 Å². The fraction of sp³-hybridized carbons (Fsp3) is 0.0526. The molecule has 3 rings (SSSR count). The Morgan fingerprint density at radius 1 is 1.23 bits per heavy atom. The topological polar surface area (TPSA) is 62.3 Å². The second-order valence-corrected chi connectivity index (χ2v) is 6.31. The van der Waals surface area contributed by atoms with Crippen molar-refractivity contribution in [2.75, 3.05) is 6.54 Å². The van der Waals surface area contributed by atoms with Gasteiger partial charge in [0, 0.05) is 29.5 Å². The first-order valence-electron chi connectivity index (χ1n) is 7.71. The van der Waals surface area contributed by atoms with E-state index in [1.54, 1.807) is 30.6 Å². The Morgan fingerprint density at radius 3 is 2.65 bits per heavy atom. The molecule has 1 aliphatic rings. The Bertz CT molecular complexity index is 938. The molecule has 0 bridgehead atoms. The fourth-order valence-electron chi connectivity index (χ4n) is 2.56. The van der Waals surface area contributed by atoms with Crippen molar-refractivity contribution < 1.29 is 9.59 Å². The van der Waals surface area contributed by atoms with E-state index in [1.807, 2.05) is 18.2 Å². The maximum absolute atomic E-state index is 12.7. The highest BCUT2D eigenvalue weighted by atomic mass is 35.5. The zero-order chi connectivity index (χ0) is 18.7. The lowest BCUT2D eigenvalue weighted by atomic mass is 9.99. The van der Waals surface area contributed by atoms with E-state index in [1.165, 1.54) is 11.0 Å². The molecule has 0 atom stereocenters. The first kappa shape index (κ1) is 18.0. The largest absolute Gasteiger partial charge is 0.298 e. The predicted octanol–water partition coefficient (Wildman–Crippen LogP) is 3.21. The number of rotatable bonds is 4. The van der Waals surface area contributed by atoms with Gasteiger partial charge in [-0.05, 0) is 47.6 Å². The highest BCUT2D eigenvalue weighted by Crippen LogP contribution is 2.27. The number of hydrogen-bond acceptors (Lipinski definition) is 4. The summed E-state index contributed by atoms with van der Waals surface area (Å²) < 4.78 is 0. The van der Waals surface area contributed by atoms with Crippen LogP contribution in [0.3, 0.4) is 0 Å². The van der Waals surface area contributed by atoms with E-state index >= 15 is 0 Å². The Hall–Kier alpha value is -2.83. The maximum atomic E-state index is 12.7. The molecule has 5 nitrogen and oxygen atoms in total. The molecular formula is C19H14ClN3O2S. The standard InChI is InChI=1S/C19H14ClN3O2S/c1-2-9-23-18(25)16(17(24)22-19(23)26)10-13-11-21-8-7-15(13)12-3-5-14(20)6-4-12/h2-8,10-11H,1,9H2,(H,22,24,26)/b16-10+. The number of thiocarbonyl (C=S) groups is 1. The van der Waals surface area contributed by atoms with Crippen LogP contribution in [-0.2, 0) is 9.59 Å². The molecule has 2 amide bonds. The van der Waals surface area contributed by atoms with Crippen LogP contribution in [0.2, 0.25) is 5.02 Å². The van der Waals surface area contributed by atoms with E-state index in [0.29, 0.717) is 10.6 Å². The molecule has 1 saturated heterocycles. The van der Waals surface area contributed by atoms with Gasteiger partial charge < -0.3 is 0 Å². The van der Waals surface area contributed by atoms with Gasteiger partial charge >= 0.3 is 0 Å². The van der Waals surface area contributed by atoms with Crippen LogP contribution in [0, 0.1) is 0 Å². The number of nitrogens with one attached hydrogen (secondary N) is 1. The molecule has 0 aliphatic carbocycles. The molecule has 0 unspecified atom stereocenters. The highest BCUT2D eigenvalue weighted by Gasteiger charge is 2.32. The molecule has 2 aromatic rings. The van der Waals surface area contributed by atoms with E-state index < -0.39 is 11.8 Å². The summed E-state index contributed by atoms with van der Waals surface area (Å²) in [6.07, 6.45) is 6.31. The van der Waals surface area contributed by atoms with Gasteiger partial charge in [0.1, 0.15) is 5.57 Å². The number of aromatic nitrogens is 1. The van der Waals surface area contributed by atoms with Crippen LogP contribution >= 0.6 is 23.8 Å². The Morgan fingerprint density at radius 2 is 1.96 bits per heavy atom. The van der Waals surface area contributed by atoms with Gasteiger partial charge in [0.2, 0.25) is 0 Å². The van der Waals surface area contributed by atoms with E-state index in [9.17, 15) is 9.59 Å². The summed E-state index contributed by atoms with van der Waals surface area (Å²) in [5.41, 5.74) is 2.35. The number of carbonyl (C=O) groups excluding carboxylic acids is 2. The lowest BCUT2D eigenvalue weighted by Crippen LogP contribution is -2.53. The van der Waals surface area contributed by atoms with Crippen molar-refractivity contribution in [1.82, 2.24) is 15.2 Å². The molecule has 1 aromatic heterocycles. The minimum atomic E-state index is -0.536. The number of benzene rings is 1. The third kappa shape index (κ3) is 3.56. The third-order valence-electron chi connectivity index (χ3n) is 3.80. The summed E-state index contributed by atoms with van der Waals surface area (Å²) in [6, 6.07) is 9.09. The second-order valence-electron chi connectivity index (χ2n) is 5.49. The first-order chi connectivity index (χ1) is 12.5. The van der Waals surface area contributed by atoms with Crippen molar-refractivity contribution in [1.29, 1.82) is 0 Å². The van der Waals surface area contributed by atoms with Crippen LogP contribution in [0.5, 0.6) is 0 Å². The maximum Gasteiger partial charge on any atom is 0.265 e. The summed E-state index contributed by atoms with van der Waals surface area (Å²) in [7, 11) is 0. The van der Waals surface area contributed by atoms with Gasteiger partial charge in [-0.3, -0.25) is 24.8 Å². The van der Waals surface area contributed by atoms with Crippen molar-refractivity contribution in [2.45, 2.75) is 0 Å². The SMILES string of the molecule is C=CCN1C(=O)/C(=C/c2cnccc2-c2ccc(Cl)cc2)C(=O)NC1=S. The molecular weight excluding hydrogens is 370 g/mol. The van der Waals surface area contributed by atoms with Crippen LogP contribution < -0.4 is 5.32 Å². The van der Waals surface area contributed by atoms with Crippen molar-refractivity contribution in [3.8, 4) is 11.1 Å². The van der Waals surface area contributed by atoms with Crippen LogP contribution in [-0.4, -0.2) is 33.4 Å². The summed E-state index contributed by atoms with van der Waals surface area (Å²) in [5, 5.41) is 3.22. The van der Waals surface area contributed by atoms with Crippen molar-refractivity contribution >= 4 is 46.8 Å². The Balaban J connectivity index is 2.05. The summed E-state index contributed by atoms with van der Waals surface area (Å²) in [5.74, 6) is -1.00. The monoisotopic (exact) mass is 383 g/mol. The summed E-state index contributed by atoms with van der Waals surface area (Å²) in [4.78, 5) is 30.3. The molecule has 0 saturated carbocycles. The van der Waals surface area contributed by atoms with Crippen LogP contribution in [0.25, 0.3) is 17.2 Å². The highest BCUT2D eigenvalue weighted by molar-refractivity contribution is 7.80. The van der Waals surface area contributed by atoms with E-state index in [-0.39, 0.29) is 17.2 Å². The van der Waals surface area contributed by atoms with Crippen LogP contribution in [0.15, 0.2) is 61.0 Å². The first-order valence-corrected chi connectivity index (χ1v) is 8.49. The number of halogens is 1. The minimum Gasteiger partial charge on any atom is -0.298 e. The van der Waals surface area contributed by atoms with Gasteiger partial charge in [0.05, 0.1) is 0 Å². The zero-order valence-corrected chi connectivity index (χ0v) is 15.2. The molecule has 130 valence electrons. The fourth-order valence-corrected chi connectivity index (χ4v) is 2.93. The number of carbonyl (C=O) groups is 2. The zero-order valence-electron chi connectivity index (χ0n) is 13.6. The lowest BCUT2D eigenvalue weighted by molar-refractivity contribution is -0.128. The summed E-state index contributed by atoms with van der Waals surface area (Å²) in [6.45, 7) is 3.82. The predicted molar refractivity (Wildman–Crippen MR) is 105 cm³/mol. The summed E-state index contributed by atoms with van der Waals surface area (Å²) >= 11 is 11.0. The van der Waals surface area contributed by atoms with Gasteiger partial charge in [0.15, 0.2) is 5.11 Å². The number of nitrogens with zero attached hydrogens (tertiary/aromatic N) is 2. The van der Waals surface area contributed by atoms with Gasteiger partial charge in [-0.25, -0.2) is 0 Å². The third-order valence-corrected chi connectivity index (χ3v) is 4.38. The quantitative estimate of drug-likeness (QED) is 0.381. The minimum absolute atomic E-state index is 0.0105. The molecule has 1 fully saturated rings. The number of pyridine rings is 1. The molecule has 1 aliphatic heterocycles. The molecule has 26 heavy (non-hydrogen) atoms. The molecule has 7 heteroatoms. The van der Waals surface area contributed by atoms with E-state index in [2.05, 4.69) is 16.9 Å². The second kappa shape index (κ2) is 7.59. The van der Waals surface area contributed by atoms with Crippen LogP contribution in [0.4, 0.5) is 0 Å². The van der Waals surface area contributed by atoms with E-state index in [4.69, 9.17) is 23.8 Å². The number of hydrogen-bond donors (Lipinski definition) is 1. The molecule has 1 aromatic carbocycles. The molecule has 1 N–H and O–H groups in total.